The van der Waals surface area contributed by atoms with Crippen LogP contribution in [0.3, 0.4) is 0 Å². The van der Waals surface area contributed by atoms with Gasteiger partial charge in [-0.1, -0.05) is 39.3 Å². The topological polar surface area (TPSA) is 33.1 Å². The van der Waals surface area contributed by atoms with Crippen molar-refractivity contribution >= 4 is 11.6 Å². The van der Waals surface area contributed by atoms with Crippen LogP contribution in [0.1, 0.15) is 39.4 Å². The Labute approximate surface area is 122 Å². The molecule has 0 aliphatic rings. The maximum Gasteiger partial charge on any atom is 0.0834 e. The van der Waals surface area contributed by atoms with Crippen LogP contribution in [0.15, 0.2) is 6.20 Å². The first kappa shape index (κ1) is 16.5. The molecule has 1 aromatic rings. The number of rotatable bonds is 6. The number of halogens is 1. The van der Waals surface area contributed by atoms with Crippen LogP contribution in [0.4, 0.5) is 0 Å². The summed E-state index contributed by atoms with van der Waals surface area (Å²) in [6.45, 7) is 11.5. The molecule has 5 heteroatoms. The van der Waals surface area contributed by atoms with Crippen LogP contribution in [-0.2, 0) is 6.54 Å². The second kappa shape index (κ2) is 6.73. The molecular weight excluding hydrogens is 260 g/mol. The molecule has 0 radical (unpaired) electrons. The van der Waals surface area contributed by atoms with E-state index in [0.717, 1.165) is 30.4 Å². The highest BCUT2D eigenvalue weighted by Gasteiger charge is 2.30. The first-order valence-corrected chi connectivity index (χ1v) is 7.24. The summed E-state index contributed by atoms with van der Waals surface area (Å²) >= 11 is 6.36. The number of nitrogens with one attached hydrogen (secondary N) is 1. The lowest BCUT2D eigenvalue weighted by Gasteiger charge is -2.32. The fourth-order valence-electron chi connectivity index (χ4n) is 2.15. The van der Waals surface area contributed by atoms with Crippen LogP contribution in [0, 0.1) is 5.41 Å². The van der Waals surface area contributed by atoms with Crippen LogP contribution < -0.4 is 5.32 Å². The predicted octanol–water partition coefficient (Wildman–Crippen LogP) is 2.79. The van der Waals surface area contributed by atoms with Crippen molar-refractivity contribution in [1.29, 1.82) is 0 Å². The van der Waals surface area contributed by atoms with Gasteiger partial charge in [-0.2, -0.15) is 5.10 Å². The summed E-state index contributed by atoms with van der Waals surface area (Å²) in [4.78, 5) is 2.15. The Morgan fingerprint density at radius 2 is 2.05 bits per heavy atom. The predicted molar refractivity (Wildman–Crippen MR) is 81.7 cm³/mol. The molecule has 0 saturated heterocycles. The van der Waals surface area contributed by atoms with Gasteiger partial charge in [0.2, 0.25) is 0 Å². The van der Waals surface area contributed by atoms with Crippen molar-refractivity contribution in [3.8, 4) is 0 Å². The summed E-state index contributed by atoms with van der Waals surface area (Å²) in [5, 5.41) is 8.71. The second-order valence-corrected chi connectivity index (χ2v) is 6.67. The summed E-state index contributed by atoms with van der Waals surface area (Å²) in [5.41, 5.74) is 1.19. The van der Waals surface area contributed by atoms with E-state index in [1.165, 1.54) is 0 Å². The van der Waals surface area contributed by atoms with Crippen molar-refractivity contribution in [1.82, 2.24) is 20.0 Å². The molecule has 1 atom stereocenters. The van der Waals surface area contributed by atoms with Crippen molar-refractivity contribution in [2.75, 3.05) is 27.2 Å². The molecule has 0 saturated carbocycles. The molecule has 0 bridgehead atoms. The van der Waals surface area contributed by atoms with Gasteiger partial charge in [-0.3, -0.25) is 4.68 Å². The lowest BCUT2D eigenvalue weighted by molar-refractivity contribution is 0.258. The standard InChI is InChI=1S/C14H27ClN4/c1-7-16-13(14(2,3)4)12-11(15)10-17-19(12)9-8-18(5)6/h10,13,16H,7-9H2,1-6H3. The SMILES string of the molecule is CCNC(c1c(Cl)cnn1CCN(C)C)C(C)(C)C. The Hall–Kier alpha value is -0.580. The van der Waals surface area contributed by atoms with E-state index in [2.05, 4.69) is 57.1 Å². The van der Waals surface area contributed by atoms with E-state index in [9.17, 15) is 0 Å². The summed E-state index contributed by atoms with van der Waals surface area (Å²) in [6.07, 6.45) is 1.75. The third-order valence-corrected chi connectivity index (χ3v) is 3.43. The molecule has 0 amide bonds. The van der Waals surface area contributed by atoms with E-state index in [-0.39, 0.29) is 11.5 Å². The average Bonchev–Trinajstić information content (AvgIpc) is 2.63. The van der Waals surface area contributed by atoms with E-state index in [1.54, 1.807) is 6.20 Å². The van der Waals surface area contributed by atoms with Gasteiger partial charge in [0.05, 0.1) is 29.5 Å². The summed E-state index contributed by atoms with van der Waals surface area (Å²) < 4.78 is 2.03. The third kappa shape index (κ3) is 4.48. The number of aromatic nitrogens is 2. The zero-order valence-electron chi connectivity index (χ0n) is 13.0. The van der Waals surface area contributed by atoms with E-state index >= 15 is 0 Å². The fourth-order valence-corrected chi connectivity index (χ4v) is 2.40. The average molecular weight is 287 g/mol. The van der Waals surface area contributed by atoms with Gasteiger partial charge in [-0.15, -0.1) is 0 Å². The van der Waals surface area contributed by atoms with E-state index in [1.807, 2.05) is 4.68 Å². The quantitative estimate of drug-likeness (QED) is 0.873. The largest absolute Gasteiger partial charge is 0.308 e. The van der Waals surface area contributed by atoms with Crippen LogP contribution in [0.25, 0.3) is 0 Å². The van der Waals surface area contributed by atoms with Crippen LogP contribution >= 0.6 is 11.6 Å². The smallest absolute Gasteiger partial charge is 0.0834 e. The number of likely N-dealkylation sites (N-methyl/N-ethyl adjacent to an activating group) is 1. The lowest BCUT2D eigenvalue weighted by Crippen LogP contribution is -2.35. The molecule has 4 nitrogen and oxygen atoms in total. The van der Waals surface area contributed by atoms with Crippen molar-refractivity contribution in [2.45, 2.75) is 40.3 Å². The van der Waals surface area contributed by atoms with E-state index in [4.69, 9.17) is 11.6 Å². The van der Waals surface area contributed by atoms with Crippen LogP contribution in [0.5, 0.6) is 0 Å². The minimum Gasteiger partial charge on any atom is -0.308 e. The molecule has 1 rings (SSSR count). The van der Waals surface area contributed by atoms with Gasteiger partial charge in [0.1, 0.15) is 0 Å². The fraction of sp³-hybridized carbons (Fsp3) is 0.786. The molecule has 0 aliphatic heterocycles. The monoisotopic (exact) mass is 286 g/mol. The number of nitrogens with zero attached hydrogens (tertiary/aromatic N) is 3. The van der Waals surface area contributed by atoms with E-state index < -0.39 is 0 Å². The summed E-state index contributed by atoms with van der Waals surface area (Å²) in [5.74, 6) is 0. The zero-order valence-corrected chi connectivity index (χ0v) is 13.8. The van der Waals surface area contributed by atoms with Crippen LogP contribution in [-0.4, -0.2) is 41.9 Å². The van der Waals surface area contributed by atoms with Gasteiger partial charge >= 0.3 is 0 Å². The van der Waals surface area contributed by atoms with Crippen molar-refractivity contribution in [3.05, 3.63) is 16.9 Å². The lowest BCUT2D eigenvalue weighted by atomic mass is 9.84. The highest BCUT2D eigenvalue weighted by Crippen LogP contribution is 2.36. The molecule has 0 aliphatic carbocycles. The normalized spacial score (nSPS) is 14.1. The Bertz CT molecular complexity index is 393. The zero-order chi connectivity index (χ0) is 14.6. The Morgan fingerprint density at radius 3 is 2.53 bits per heavy atom. The molecule has 110 valence electrons. The molecule has 0 spiro atoms. The maximum atomic E-state index is 6.36. The molecule has 1 heterocycles. The van der Waals surface area contributed by atoms with Gasteiger partial charge < -0.3 is 10.2 Å². The summed E-state index contributed by atoms with van der Waals surface area (Å²) in [7, 11) is 4.13. The maximum absolute atomic E-state index is 6.36. The van der Waals surface area contributed by atoms with E-state index in [0.29, 0.717) is 0 Å². The molecule has 1 aromatic heterocycles. The highest BCUT2D eigenvalue weighted by molar-refractivity contribution is 6.31. The van der Waals surface area contributed by atoms with Crippen LogP contribution in [0.2, 0.25) is 5.02 Å². The Morgan fingerprint density at radius 1 is 1.42 bits per heavy atom. The van der Waals surface area contributed by atoms with Gasteiger partial charge in [0, 0.05) is 6.54 Å². The molecule has 0 aromatic carbocycles. The van der Waals surface area contributed by atoms with Crippen molar-refractivity contribution in [2.24, 2.45) is 5.41 Å². The van der Waals surface area contributed by atoms with Gasteiger partial charge in [0.15, 0.2) is 0 Å². The molecule has 19 heavy (non-hydrogen) atoms. The number of hydrogen-bond acceptors (Lipinski definition) is 3. The molecule has 0 fully saturated rings. The third-order valence-electron chi connectivity index (χ3n) is 3.14. The minimum atomic E-state index is 0.0928. The van der Waals surface area contributed by atoms with Gasteiger partial charge in [0.25, 0.3) is 0 Å². The Balaban J connectivity index is 3.04. The molecule has 1 unspecified atom stereocenters. The first-order chi connectivity index (χ1) is 8.77. The Kier molecular flexibility index (Phi) is 5.83. The summed E-state index contributed by atoms with van der Waals surface area (Å²) in [6, 6.07) is 0.203. The molecular formula is C14H27ClN4. The van der Waals surface area contributed by atoms with Crippen molar-refractivity contribution in [3.63, 3.8) is 0 Å². The minimum absolute atomic E-state index is 0.0928. The van der Waals surface area contributed by atoms with Gasteiger partial charge in [-0.05, 0) is 26.1 Å². The second-order valence-electron chi connectivity index (χ2n) is 6.26. The first-order valence-electron chi connectivity index (χ1n) is 6.86. The van der Waals surface area contributed by atoms with Crippen molar-refractivity contribution < 1.29 is 0 Å². The highest BCUT2D eigenvalue weighted by atomic mass is 35.5. The molecule has 1 N–H and O–H groups in total. The van der Waals surface area contributed by atoms with Gasteiger partial charge in [-0.25, -0.2) is 0 Å². The number of hydrogen-bond donors (Lipinski definition) is 1.